The molecule has 0 N–H and O–H groups in total. The van der Waals surface area contributed by atoms with Crippen LogP contribution in [-0.2, 0) is 6.42 Å². The maximum absolute atomic E-state index is 2.43. The van der Waals surface area contributed by atoms with Gasteiger partial charge in [0.05, 0.1) is 0 Å². The van der Waals surface area contributed by atoms with Gasteiger partial charge in [-0.25, -0.2) is 0 Å². The fourth-order valence-electron chi connectivity index (χ4n) is 6.48. The molecule has 162 valence electrons. The average molecular weight is 403 g/mol. The summed E-state index contributed by atoms with van der Waals surface area (Å²) in [6.07, 6.45) is 15.6. The number of hydrogen-bond donors (Lipinski definition) is 0. The largest absolute Gasteiger partial charge is 0.0651 e. The first-order valence-electron chi connectivity index (χ1n) is 12.9. The SMILES string of the molecule is CCCc1ccc(C2CCC(C3CCC(C[C@@H](C)c4ccccc4)CC3)CC2)cc1. The van der Waals surface area contributed by atoms with E-state index in [0.717, 1.165) is 23.7 Å². The molecule has 2 aliphatic carbocycles. The van der Waals surface area contributed by atoms with Crippen LogP contribution >= 0.6 is 0 Å². The highest BCUT2D eigenvalue weighted by Gasteiger charge is 2.31. The molecule has 0 aromatic heterocycles. The van der Waals surface area contributed by atoms with Crippen LogP contribution in [0, 0.1) is 17.8 Å². The summed E-state index contributed by atoms with van der Waals surface area (Å²) in [5.74, 6) is 4.51. The van der Waals surface area contributed by atoms with E-state index < -0.39 is 0 Å². The van der Waals surface area contributed by atoms with Crippen molar-refractivity contribution in [1.82, 2.24) is 0 Å². The topological polar surface area (TPSA) is 0 Å². The molecule has 0 nitrogen and oxygen atoms in total. The van der Waals surface area contributed by atoms with E-state index in [1.165, 1.54) is 81.8 Å². The zero-order valence-corrected chi connectivity index (χ0v) is 19.4. The van der Waals surface area contributed by atoms with Crippen LogP contribution in [0.5, 0.6) is 0 Å². The van der Waals surface area contributed by atoms with Crippen LogP contribution in [-0.4, -0.2) is 0 Å². The van der Waals surface area contributed by atoms with E-state index in [9.17, 15) is 0 Å². The van der Waals surface area contributed by atoms with Gasteiger partial charge in [0.25, 0.3) is 0 Å². The van der Waals surface area contributed by atoms with E-state index >= 15 is 0 Å². The summed E-state index contributed by atoms with van der Waals surface area (Å²) in [6.45, 7) is 4.70. The van der Waals surface area contributed by atoms with Crippen molar-refractivity contribution in [3.05, 3.63) is 71.3 Å². The lowest BCUT2D eigenvalue weighted by Gasteiger charge is -2.38. The third kappa shape index (κ3) is 5.57. The quantitative estimate of drug-likeness (QED) is 0.433. The minimum absolute atomic E-state index is 0.715. The molecule has 2 aromatic carbocycles. The highest BCUT2D eigenvalue weighted by atomic mass is 14.4. The zero-order chi connectivity index (χ0) is 20.8. The second-order valence-corrected chi connectivity index (χ2v) is 10.4. The summed E-state index contributed by atoms with van der Waals surface area (Å²) in [5, 5.41) is 0. The molecule has 4 rings (SSSR count). The van der Waals surface area contributed by atoms with Gasteiger partial charge in [0.15, 0.2) is 0 Å². The maximum Gasteiger partial charge on any atom is -0.0162 e. The van der Waals surface area contributed by atoms with Gasteiger partial charge < -0.3 is 0 Å². The van der Waals surface area contributed by atoms with Crippen molar-refractivity contribution < 1.29 is 0 Å². The molecule has 30 heavy (non-hydrogen) atoms. The van der Waals surface area contributed by atoms with Crippen LogP contribution < -0.4 is 0 Å². The van der Waals surface area contributed by atoms with Crippen molar-refractivity contribution in [2.75, 3.05) is 0 Å². The Kier molecular flexibility index (Phi) is 7.69. The van der Waals surface area contributed by atoms with Gasteiger partial charge in [-0.3, -0.25) is 0 Å². The molecule has 2 aromatic rings. The fraction of sp³-hybridized carbons (Fsp3) is 0.600. The molecule has 2 saturated carbocycles. The number of benzene rings is 2. The third-order valence-electron chi connectivity index (χ3n) is 8.38. The molecule has 0 radical (unpaired) electrons. The van der Waals surface area contributed by atoms with Crippen LogP contribution in [0.2, 0.25) is 0 Å². The van der Waals surface area contributed by atoms with Crippen LogP contribution in [0.1, 0.15) is 107 Å². The Morgan fingerprint density at radius 1 is 0.733 bits per heavy atom. The standard InChI is InChI=1S/C30H42/c1-3-7-24-10-14-27(15-11-24)29-18-20-30(21-19-29)28-16-12-25(13-17-28)22-23(2)26-8-5-4-6-9-26/h4-6,8-11,14-15,23,25,28-30H,3,7,12-13,16-22H2,1-2H3/t23-,25?,28?,29?,30?/m1/s1. The van der Waals surface area contributed by atoms with E-state index in [2.05, 4.69) is 68.4 Å². The lowest BCUT2D eigenvalue weighted by atomic mass is 9.67. The smallest absolute Gasteiger partial charge is 0.0162 e. The third-order valence-corrected chi connectivity index (χ3v) is 8.38. The Balaban J connectivity index is 1.21. The van der Waals surface area contributed by atoms with Gasteiger partial charge >= 0.3 is 0 Å². The van der Waals surface area contributed by atoms with Crippen LogP contribution in [0.4, 0.5) is 0 Å². The van der Waals surface area contributed by atoms with Crippen molar-refractivity contribution in [1.29, 1.82) is 0 Å². The summed E-state index contributed by atoms with van der Waals surface area (Å²) in [7, 11) is 0. The van der Waals surface area contributed by atoms with E-state index in [1.54, 1.807) is 5.56 Å². The molecular weight excluding hydrogens is 360 g/mol. The van der Waals surface area contributed by atoms with Crippen molar-refractivity contribution in [3.63, 3.8) is 0 Å². The maximum atomic E-state index is 2.43. The Morgan fingerprint density at radius 2 is 1.33 bits per heavy atom. The number of aryl methyl sites for hydroxylation is 1. The molecule has 0 spiro atoms. The molecule has 0 unspecified atom stereocenters. The predicted molar refractivity (Wildman–Crippen MR) is 130 cm³/mol. The Labute approximate surface area is 185 Å². The number of hydrogen-bond acceptors (Lipinski definition) is 0. The van der Waals surface area contributed by atoms with Crippen LogP contribution in [0.25, 0.3) is 0 Å². The number of rotatable bonds is 7. The summed E-state index contributed by atoms with van der Waals surface area (Å²) in [6, 6.07) is 20.8. The second-order valence-electron chi connectivity index (χ2n) is 10.4. The van der Waals surface area contributed by atoms with Gasteiger partial charge in [-0.2, -0.15) is 0 Å². The van der Waals surface area contributed by atoms with Crippen LogP contribution in [0.15, 0.2) is 54.6 Å². The van der Waals surface area contributed by atoms with Crippen molar-refractivity contribution >= 4 is 0 Å². The molecule has 2 aliphatic rings. The van der Waals surface area contributed by atoms with E-state index in [4.69, 9.17) is 0 Å². The highest BCUT2D eigenvalue weighted by Crippen LogP contribution is 2.45. The molecule has 0 heterocycles. The van der Waals surface area contributed by atoms with Crippen molar-refractivity contribution in [2.24, 2.45) is 17.8 Å². The first-order chi connectivity index (χ1) is 14.7. The van der Waals surface area contributed by atoms with E-state index in [1.807, 2.05) is 0 Å². The highest BCUT2D eigenvalue weighted by molar-refractivity contribution is 5.26. The molecule has 0 heteroatoms. The normalized spacial score (nSPS) is 28.2. The first kappa shape index (κ1) is 21.7. The lowest BCUT2D eigenvalue weighted by molar-refractivity contribution is 0.154. The van der Waals surface area contributed by atoms with Crippen molar-refractivity contribution in [3.8, 4) is 0 Å². The summed E-state index contributed by atoms with van der Waals surface area (Å²) in [5.41, 5.74) is 4.64. The van der Waals surface area contributed by atoms with Gasteiger partial charge in [-0.15, -0.1) is 0 Å². The van der Waals surface area contributed by atoms with Gasteiger partial charge in [0.1, 0.15) is 0 Å². The second kappa shape index (κ2) is 10.7. The average Bonchev–Trinajstić information content (AvgIpc) is 2.81. The lowest BCUT2D eigenvalue weighted by Crippen LogP contribution is -2.25. The molecule has 0 aliphatic heterocycles. The minimum Gasteiger partial charge on any atom is -0.0651 e. The van der Waals surface area contributed by atoms with Gasteiger partial charge in [-0.05, 0) is 97.6 Å². The zero-order valence-electron chi connectivity index (χ0n) is 19.4. The first-order valence-corrected chi connectivity index (χ1v) is 12.9. The van der Waals surface area contributed by atoms with Crippen molar-refractivity contribution in [2.45, 2.75) is 96.3 Å². The monoisotopic (exact) mass is 402 g/mol. The summed E-state index contributed by atoms with van der Waals surface area (Å²) >= 11 is 0. The van der Waals surface area contributed by atoms with Crippen LogP contribution in [0.3, 0.4) is 0 Å². The molecule has 0 saturated heterocycles. The Morgan fingerprint density at radius 3 is 1.93 bits per heavy atom. The fourth-order valence-corrected chi connectivity index (χ4v) is 6.48. The molecule has 0 bridgehead atoms. The Bertz CT molecular complexity index is 727. The Hall–Kier alpha value is -1.56. The van der Waals surface area contributed by atoms with Gasteiger partial charge in [0, 0.05) is 0 Å². The van der Waals surface area contributed by atoms with E-state index in [-0.39, 0.29) is 0 Å². The molecule has 2 fully saturated rings. The van der Waals surface area contributed by atoms with E-state index in [0.29, 0.717) is 5.92 Å². The minimum atomic E-state index is 0.715. The summed E-state index contributed by atoms with van der Waals surface area (Å²) in [4.78, 5) is 0. The summed E-state index contributed by atoms with van der Waals surface area (Å²) < 4.78 is 0. The molecular formula is C30H42. The predicted octanol–water partition coefficient (Wildman–Crippen LogP) is 8.91. The van der Waals surface area contributed by atoms with Gasteiger partial charge in [0.2, 0.25) is 0 Å². The molecule has 1 atom stereocenters. The molecule has 0 amide bonds. The van der Waals surface area contributed by atoms with Gasteiger partial charge in [-0.1, -0.05) is 87.7 Å².